The molecule has 0 spiro atoms. The number of aliphatic carboxylic acids is 1. The summed E-state index contributed by atoms with van der Waals surface area (Å²) in [6, 6.07) is 0. The van der Waals surface area contributed by atoms with Crippen LogP contribution in [0.3, 0.4) is 0 Å². The molecule has 4 N–H and O–H groups in total. The molecule has 34 heavy (non-hydrogen) atoms. The average molecular weight is 481 g/mol. The molecule has 0 aromatic carbocycles. The normalized spacial score (nSPS) is 30.5. The number of aliphatic hydroxyl groups excluding tert-OH is 3. The fraction of sp³-hybridized carbons (Fsp3) is 0.778. The highest BCUT2D eigenvalue weighted by molar-refractivity contribution is 5.72. The second-order valence-electron chi connectivity index (χ2n) is 11.4. The highest BCUT2D eigenvalue weighted by Gasteiger charge is 2.43. The number of hydrogen-bond acceptors (Lipinski definition) is 6. The van der Waals surface area contributed by atoms with E-state index in [2.05, 4.69) is 13.0 Å². The number of carboxylic acid groups (broad SMARTS) is 1. The standard InChI is InChI=1S/C27H44O7/c1-7-15(2)26(33)34-22-14-19(29)12-17-9-8-16(3)20(23(17)22)11-10-18(28)13-21(30)24(25(31)32)27(4,5)6/h8-9,12,15-16,18-24,28-30H,7,10-11,13-14H2,1-6H3,(H,31,32)/t15-,16-,18+,19+,20-,21+,22-,23-,24?/m0/s1. The van der Waals surface area contributed by atoms with Crippen LogP contribution in [0.25, 0.3) is 0 Å². The van der Waals surface area contributed by atoms with Crippen LogP contribution in [-0.2, 0) is 14.3 Å². The maximum absolute atomic E-state index is 12.5. The van der Waals surface area contributed by atoms with E-state index in [0.29, 0.717) is 25.7 Å². The Labute approximate surface area is 203 Å². The molecular formula is C27H44O7. The van der Waals surface area contributed by atoms with Gasteiger partial charge >= 0.3 is 11.9 Å². The Balaban J connectivity index is 2.12. The van der Waals surface area contributed by atoms with Gasteiger partial charge in [-0.3, -0.25) is 9.59 Å². The summed E-state index contributed by atoms with van der Waals surface area (Å²) in [6.45, 7) is 11.2. The van der Waals surface area contributed by atoms with E-state index in [1.54, 1.807) is 20.8 Å². The van der Waals surface area contributed by atoms with Crippen LogP contribution in [0.2, 0.25) is 0 Å². The van der Waals surface area contributed by atoms with E-state index in [0.717, 1.165) is 5.57 Å². The molecule has 2 aliphatic carbocycles. The predicted octanol–water partition coefficient (Wildman–Crippen LogP) is 3.71. The Morgan fingerprint density at radius 1 is 1.24 bits per heavy atom. The highest BCUT2D eigenvalue weighted by Crippen LogP contribution is 2.44. The SMILES string of the molecule is CC[C@H](C)C(=O)O[C@H]1C[C@H](O)C=C2C=C[C@H](C)[C@H](CC[C@@H](O)C[C@@H](O)C(C(=O)O)C(C)(C)C)[C@H]21. The Bertz CT molecular complexity index is 765. The van der Waals surface area contributed by atoms with Crippen molar-refractivity contribution in [1.82, 2.24) is 0 Å². The molecule has 0 aromatic rings. The molecule has 0 fully saturated rings. The minimum Gasteiger partial charge on any atom is -0.481 e. The molecule has 0 radical (unpaired) electrons. The van der Waals surface area contributed by atoms with Crippen LogP contribution in [0.1, 0.15) is 73.6 Å². The molecule has 0 saturated carbocycles. The first kappa shape index (κ1) is 28.5. The lowest BCUT2D eigenvalue weighted by atomic mass is 9.66. The summed E-state index contributed by atoms with van der Waals surface area (Å²) < 4.78 is 5.89. The molecule has 1 unspecified atom stereocenters. The fourth-order valence-corrected chi connectivity index (χ4v) is 5.45. The van der Waals surface area contributed by atoms with Crippen LogP contribution >= 0.6 is 0 Å². The molecule has 2 rings (SSSR count). The van der Waals surface area contributed by atoms with Gasteiger partial charge < -0.3 is 25.2 Å². The number of allylic oxidation sites excluding steroid dienone is 2. The molecule has 0 aromatic heterocycles. The van der Waals surface area contributed by atoms with Crippen LogP contribution < -0.4 is 0 Å². The first-order chi connectivity index (χ1) is 15.8. The Hall–Kier alpha value is -1.70. The van der Waals surface area contributed by atoms with E-state index in [-0.39, 0.29) is 36.1 Å². The van der Waals surface area contributed by atoms with Crippen molar-refractivity contribution in [3.8, 4) is 0 Å². The van der Waals surface area contributed by atoms with E-state index < -0.39 is 41.7 Å². The quantitative estimate of drug-likeness (QED) is 0.351. The van der Waals surface area contributed by atoms with Gasteiger partial charge in [0, 0.05) is 18.8 Å². The van der Waals surface area contributed by atoms with Crippen LogP contribution in [0.4, 0.5) is 0 Å². The first-order valence-corrected chi connectivity index (χ1v) is 12.6. The Morgan fingerprint density at radius 2 is 1.88 bits per heavy atom. The number of aliphatic hydroxyl groups is 3. The second-order valence-corrected chi connectivity index (χ2v) is 11.4. The molecule has 9 atom stereocenters. The van der Waals surface area contributed by atoms with Gasteiger partial charge in [-0.2, -0.15) is 0 Å². The number of esters is 1. The zero-order chi connectivity index (χ0) is 25.8. The van der Waals surface area contributed by atoms with Crippen molar-refractivity contribution in [2.45, 2.75) is 98.1 Å². The molecular weight excluding hydrogens is 436 g/mol. The number of hydrogen-bond donors (Lipinski definition) is 4. The minimum atomic E-state index is -1.15. The van der Waals surface area contributed by atoms with E-state index in [4.69, 9.17) is 4.74 Å². The van der Waals surface area contributed by atoms with E-state index >= 15 is 0 Å². The molecule has 7 nitrogen and oxygen atoms in total. The van der Waals surface area contributed by atoms with Gasteiger partial charge in [0.05, 0.1) is 30.1 Å². The van der Waals surface area contributed by atoms with Crippen molar-refractivity contribution in [1.29, 1.82) is 0 Å². The fourth-order valence-electron chi connectivity index (χ4n) is 5.45. The van der Waals surface area contributed by atoms with Gasteiger partial charge in [-0.25, -0.2) is 0 Å². The van der Waals surface area contributed by atoms with Gasteiger partial charge in [-0.1, -0.05) is 59.8 Å². The van der Waals surface area contributed by atoms with Crippen molar-refractivity contribution >= 4 is 11.9 Å². The third-order valence-corrected chi connectivity index (χ3v) is 7.59. The third-order valence-electron chi connectivity index (χ3n) is 7.59. The molecule has 0 amide bonds. The van der Waals surface area contributed by atoms with Gasteiger partial charge in [0.1, 0.15) is 6.10 Å². The lowest BCUT2D eigenvalue weighted by Gasteiger charge is -2.43. The number of carboxylic acids is 1. The van der Waals surface area contributed by atoms with Crippen LogP contribution in [0.15, 0.2) is 23.8 Å². The number of rotatable bonds is 10. The number of fused-ring (bicyclic) bond motifs is 1. The minimum absolute atomic E-state index is 0.0102. The number of carbonyl (C=O) groups excluding carboxylic acids is 1. The largest absolute Gasteiger partial charge is 0.481 e. The monoisotopic (exact) mass is 480 g/mol. The van der Waals surface area contributed by atoms with Crippen molar-refractivity contribution < 1.29 is 34.8 Å². The van der Waals surface area contributed by atoms with Crippen molar-refractivity contribution in [3.63, 3.8) is 0 Å². The van der Waals surface area contributed by atoms with Gasteiger partial charge in [-0.05, 0) is 42.1 Å². The number of carbonyl (C=O) groups is 2. The molecule has 194 valence electrons. The lowest BCUT2D eigenvalue weighted by Crippen LogP contribution is -2.43. The van der Waals surface area contributed by atoms with Gasteiger partial charge in [0.15, 0.2) is 0 Å². The topological polar surface area (TPSA) is 124 Å². The summed E-state index contributed by atoms with van der Waals surface area (Å²) >= 11 is 0. The van der Waals surface area contributed by atoms with E-state index in [9.17, 15) is 30.0 Å². The van der Waals surface area contributed by atoms with E-state index in [1.165, 1.54) is 0 Å². The van der Waals surface area contributed by atoms with Crippen LogP contribution in [0, 0.1) is 35.0 Å². The highest BCUT2D eigenvalue weighted by atomic mass is 16.5. The smallest absolute Gasteiger partial charge is 0.309 e. The van der Waals surface area contributed by atoms with Crippen molar-refractivity contribution in [3.05, 3.63) is 23.8 Å². The summed E-state index contributed by atoms with van der Waals surface area (Å²) in [6.07, 6.45) is 4.84. The maximum Gasteiger partial charge on any atom is 0.309 e. The number of ether oxygens (including phenoxy) is 1. The summed E-state index contributed by atoms with van der Waals surface area (Å²) in [4.78, 5) is 24.2. The zero-order valence-corrected chi connectivity index (χ0v) is 21.5. The Kier molecular flexibility index (Phi) is 9.92. The Morgan fingerprint density at radius 3 is 2.44 bits per heavy atom. The third kappa shape index (κ3) is 7.15. The van der Waals surface area contributed by atoms with Crippen molar-refractivity contribution in [2.24, 2.45) is 35.0 Å². The van der Waals surface area contributed by atoms with Gasteiger partial charge in [0.2, 0.25) is 0 Å². The molecule has 0 aliphatic heterocycles. The molecule has 2 aliphatic rings. The molecule has 0 bridgehead atoms. The summed E-state index contributed by atoms with van der Waals surface area (Å²) in [7, 11) is 0. The van der Waals surface area contributed by atoms with Gasteiger partial charge in [0.25, 0.3) is 0 Å². The predicted molar refractivity (Wildman–Crippen MR) is 130 cm³/mol. The average Bonchev–Trinajstić information content (AvgIpc) is 2.70. The van der Waals surface area contributed by atoms with E-state index in [1.807, 2.05) is 26.0 Å². The molecule has 7 heteroatoms. The second kappa shape index (κ2) is 11.8. The zero-order valence-electron chi connectivity index (χ0n) is 21.5. The van der Waals surface area contributed by atoms with Gasteiger partial charge in [-0.15, -0.1) is 0 Å². The molecule has 0 saturated heterocycles. The summed E-state index contributed by atoms with van der Waals surface area (Å²) in [5.74, 6) is -2.32. The van der Waals surface area contributed by atoms with Crippen molar-refractivity contribution in [2.75, 3.05) is 0 Å². The molecule has 0 heterocycles. The maximum atomic E-state index is 12.5. The summed E-state index contributed by atoms with van der Waals surface area (Å²) in [5.41, 5.74) is 0.320. The summed E-state index contributed by atoms with van der Waals surface area (Å²) in [5, 5.41) is 41.1. The van der Waals surface area contributed by atoms with Crippen LogP contribution in [0.5, 0.6) is 0 Å². The lowest BCUT2D eigenvalue weighted by molar-refractivity contribution is -0.159. The first-order valence-electron chi connectivity index (χ1n) is 12.6. The van der Waals surface area contributed by atoms with Crippen LogP contribution in [-0.4, -0.2) is 56.8 Å².